The molecule has 0 spiro atoms. The first-order chi connectivity index (χ1) is 12.0. The lowest BCUT2D eigenvalue weighted by atomic mass is 10.2. The van der Waals surface area contributed by atoms with Gasteiger partial charge in [-0.3, -0.25) is 9.79 Å². The lowest BCUT2D eigenvalue weighted by molar-refractivity contribution is -0.120. The molecule has 0 fully saturated rings. The molecular weight excluding hydrogens is 457 g/mol. The monoisotopic (exact) mass is 484 g/mol. The molecule has 0 aliphatic heterocycles. The maximum Gasteiger partial charge on any atom is 0.387 e. The molecule has 0 aliphatic rings. The molecule has 0 aliphatic carbocycles. The summed E-state index contributed by atoms with van der Waals surface area (Å²) in [7, 11) is 3.52. The van der Waals surface area contributed by atoms with E-state index < -0.39 is 6.61 Å². The van der Waals surface area contributed by atoms with Gasteiger partial charge in [0, 0.05) is 40.2 Å². The fraction of sp³-hybridized carbons (Fsp3) is 0.529. The number of carbonyl (C=O) groups is 1. The number of rotatable bonds is 9. The summed E-state index contributed by atoms with van der Waals surface area (Å²) in [5.74, 6) is 0.778. The van der Waals surface area contributed by atoms with Crippen molar-refractivity contribution in [2.75, 3.05) is 27.2 Å². The molecule has 1 amide bonds. The van der Waals surface area contributed by atoms with E-state index in [1.807, 2.05) is 18.9 Å². The van der Waals surface area contributed by atoms with Crippen molar-refractivity contribution in [2.45, 2.75) is 32.9 Å². The van der Waals surface area contributed by atoms with Crippen molar-refractivity contribution in [1.82, 2.24) is 15.5 Å². The Hall–Kier alpha value is -1.65. The minimum atomic E-state index is -2.83. The van der Waals surface area contributed by atoms with E-state index in [2.05, 4.69) is 20.4 Å². The van der Waals surface area contributed by atoms with E-state index in [1.54, 1.807) is 19.2 Å². The largest absolute Gasteiger partial charge is 0.435 e. The van der Waals surface area contributed by atoms with Crippen LogP contribution in [0.1, 0.15) is 25.3 Å². The van der Waals surface area contributed by atoms with E-state index in [0.29, 0.717) is 32.0 Å². The second kappa shape index (κ2) is 13.5. The molecule has 26 heavy (non-hydrogen) atoms. The fourth-order valence-corrected chi connectivity index (χ4v) is 2.15. The van der Waals surface area contributed by atoms with Crippen molar-refractivity contribution in [3.8, 4) is 5.75 Å². The van der Waals surface area contributed by atoms with E-state index in [0.717, 1.165) is 12.0 Å². The van der Waals surface area contributed by atoms with E-state index in [1.165, 1.54) is 12.1 Å². The van der Waals surface area contributed by atoms with Crippen LogP contribution >= 0.6 is 24.0 Å². The number of ether oxygens (including phenoxy) is 1. The number of hydrogen-bond acceptors (Lipinski definition) is 3. The van der Waals surface area contributed by atoms with Crippen LogP contribution in [-0.4, -0.2) is 50.6 Å². The van der Waals surface area contributed by atoms with Crippen LogP contribution in [0, 0.1) is 0 Å². The van der Waals surface area contributed by atoms with Gasteiger partial charge in [0.25, 0.3) is 0 Å². The van der Waals surface area contributed by atoms with Crippen molar-refractivity contribution < 1.29 is 18.3 Å². The first kappa shape index (κ1) is 24.4. The molecule has 0 heterocycles. The van der Waals surface area contributed by atoms with Gasteiger partial charge in [-0.1, -0.05) is 19.1 Å². The summed E-state index contributed by atoms with van der Waals surface area (Å²) in [5, 5.41) is 5.94. The SMILES string of the molecule is CCCNC(=O)CCNC(=NC)N(C)Cc1ccc(OC(F)F)cc1.I. The molecule has 0 saturated carbocycles. The van der Waals surface area contributed by atoms with Crippen molar-refractivity contribution in [3.63, 3.8) is 0 Å². The molecule has 148 valence electrons. The number of halogens is 3. The predicted octanol–water partition coefficient (Wildman–Crippen LogP) is 2.83. The standard InChI is InChI=1S/C17H26F2N4O2.HI/c1-4-10-21-15(24)9-11-22-17(20-2)23(3)12-13-5-7-14(8-6-13)25-16(18)19;/h5-8,16H,4,9-12H2,1-3H3,(H,20,22)(H,21,24);1H. The minimum absolute atomic E-state index is 0. The Bertz CT molecular complexity index is 556. The van der Waals surface area contributed by atoms with Gasteiger partial charge in [0.05, 0.1) is 0 Å². The minimum Gasteiger partial charge on any atom is -0.435 e. The van der Waals surface area contributed by atoms with Gasteiger partial charge in [-0.05, 0) is 24.1 Å². The molecule has 6 nitrogen and oxygen atoms in total. The van der Waals surface area contributed by atoms with Crippen LogP contribution in [-0.2, 0) is 11.3 Å². The van der Waals surface area contributed by atoms with E-state index in [4.69, 9.17) is 0 Å². The maximum atomic E-state index is 12.1. The first-order valence-electron chi connectivity index (χ1n) is 8.18. The Kier molecular flexibility index (Phi) is 12.7. The number of benzene rings is 1. The highest BCUT2D eigenvalue weighted by atomic mass is 127. The van der Waals surface area contributed by atoms with Gasteiger partial charge in [0.2, 0.25) is 5.91 Å². The topological polar surface area (TPSA) is 66.0 Å². The van der Waals surface area contributed by atoms with Crippen LogP contribution in [0.4, 0.5) is 8.78 Å². The van der Waals surface area contributed by atoms with Gasteiger partial charge in [0.1, 0.15) is 5.75 Å². The molecular formula is C17H27F2IN4O2. The Balaban J connectivity index is 0.00000625. The molecule has 1 aromatic carbocycles. The normalized spacial score (nSPS) is 10.9. The molecule has 2 N–H and O–H groups in total. The van der Waals surface area contributed by atoms with E-state index in [-0.39, 0.29) is 35.6 Å². The molecule has 0 unspecified atom stereocenters. The summed E-state index contributed by atoms with van der Waals surface area (Å²) in [6, 6.07) is 6.45. The first-order valence-corrected chi connectivity index (χ1v) is 8.18. The highest BCUT2D eigenvalue weighted by Gasteiger charge is 2.09. The van der Waals surface area contributed by atoms with E-state index >= 15 is 0 Å². The molecule has 0 bridgehead atoms. The summed E-state index contributed by atoms with van der Waals surface area (Å²) in [6.07, 6.45) is 1.28. The van der Waals surface area contributed by atoms with Crippen LogP contribution in [0.25, 0.3) is 0 Å². The highest BCUT2D eigenvalue weighted by molar-refractivity contribution is 14.0. The van der Waals surface area contributed by atoms with Gasteiger partial charge in [-0.15, -0.1) is 24.0 Å². The number of nitrogens with one attached hydrogen (secondary N) is 2. The number of amides is 1. The second-order valence-electron chi connectivity index (χ2n) is 5.45. The molecule has 9 heteroatoms. The van der Waals surface area contributed by atoms with Crippen LogP contribution in [0.3, 0.4) is 0 Å². The summed E-state index contributed by atoms with van der Waals surface area (Å²) >= 11 is 0. The predicted molar refractivity (Wildman–Crippen MR) is 109 cm³/mol. The zero-order valence-corrected chi connectivity index (χ0v) is 17.6. The van der Waals surface area contributed by atoms with Gasteiger partial charge >= 0.3 is 6.61 Å². The van der Waals surface area contributed by atoms with Crippen molar-refractivity contribution in [1.29, 1.82) is 0 Å². The molecule has 0 radical (unpaired) electrons. The Labute approximate surface area is 170 Å². The smallest absolute Gasteiger partial charge is 0.387 e. The number of guanidine groups is 1. The van der Waals surface area contributed by atoms with Crippen molar-refractivity contribution in [3.05, 3.63) is 29.8 Å². The highest BCUT2D eigenvalue weighted by Crippen LogP contribution is 2.15. The summed E-state index contributed by atoms with van der Waals surface area (Å²) in [4.78, 5) is 17.6. The van der Waals surface area contributed by atoms with Gasteiger partial charge in [-0.25, -0.2) is 0 Å². The average molecular weight is 484 g/mol. The molecule has 0 atom stereocenters. The van der Waals surface area contributed by atoms with Crippen LogP contribution in [0.15, 0.2) is 29.3 Å². The number of nitrogens with zero attached hydrogens (tertiary/aromatic N) is 2. The third kappa shape index (κ3) is 9.73. The number of carbonyl (C=O) groups excluding carboxylic acids is 1. The summed E-state index contributed by atoms with van der Waals surface area (Å²) in [5.41, 5.74) is 0.924. The molecule has 1 rings (SSSR count). The summed E-state index contributed by atoms with van der Waals surface area (Å²) < 4.78 is 28.6. The average Bonchev–Trinajstić information content (AvgIpc) is 2.58. The second-order valence-corrected chi connectivity index (χ2v) is 5.45. The Morgan fingerprint density at radius 3 is 2.42 bits per heavy atom. The lowest BCUT2D eigenvalue weighted by Gasteiger charge is -2.22. The van der Waals surface area contributed by atoms with Gasteiger partial charge in [-0.2, -0.15) is 8.78 Å². The van der Waals surface area contributed by atoms with Gasteiger partial charge in [0.15, 0.2) is 5.96 Å². The van der Waals surface area contributed by atoms with E-state index in [9.17, 15) is 13.6 Å². The Morgan fingerprint density at radius 2 is 1.88 bits per heavy atom. The third-order valence-electron chi connectivity index (χ3n) is 3.35. The van der Waals surface area contributed by atoms with Crippen LogP contribution in [0.5, 0.6) is 5.75 Å². The molecule has 0 aromatic heterocycles. The number of aliphatic imine (C=N–C) groups is 1. The molecule has 0 saturated heterocycles. The zero-order valence-electron chi connectivity index (χ0n) is 15.3. The third-order valence-corrected chi connectivity index (χ3v) is 3.35. The van der Waals surface area contributed by atoms with Crippen molar-refractivity contribution >= 4 is 35.8 Å². The fourth-order valence-electron chi connectivity index (χ4n) is 2.15. The summed E-state index contributed by atoms with van der Waals surface area (Å²) in [6.45, 7) is 0.871. The zero-order chi connectivity index (χ0) is 18.7. The lowest BCUT2D eigenvalue weighted by Crippen LogP contribution is -2.40. The van der Waals surface area contributed by atoms with Crippen molar-refractivity contribution in [2.24, 2.45) is 4.99 Å². The van der Waals surface area contributed by atoms with Crippen LogP contribution < -0.4 is 15.4 Å². The number of alkyl halides is 2. The van der Waals surface area contributed by atoms with Gasteiger partial charge < -0.3 is 20.3 Å². The Morgan fingerprint density at radius 1 is 1.23 bits per heavy atom. The van der Waals surface area contributed by atoms with Crippen LogP contribution in [0.2, 0.25) is 0 Å². The molecule has 1 aromatic rings. The maximum absolute atomic E-state index is 12.1. The number of hydrogen-bond donors (Lipinski definition) is 2. The quantitative estimate of drug-likeness (QED) is 0.322.